The van der Waals surface area contributed by atoms with Gasteiger partial charge in [0.05, 0.1) is 12.6 Å². The maximum Gasteiger partial charge on any atom is 0.241 e. The van der Waals surface area contributed by atoms with E-state index >= 15 is 0 Å². The van der Waals surface area contributed by atoms with Crippen molar-refractivity contribution in [2.45, 2.75) is 20.3 Å². The molecule has 0 bridgehead atoms. The van der Waals surface area contributed by atoms with E-state index in [4.69, 9.17) is 5.26 Å². The fraction of sp³-hybridized carbons (Fsp3) is 0.750. The predicted octanol–water partition coefficient (Wildman–Crippen LogP) is 0.473. The zero-order valence-electron chi connectivity index (χ0n) is 10.6. The number of carbonyl (C=O) groups excluding carboxylic acids is 2. The normalized spacial score (nSPS) is 18.9. The summed E-state index contributed by atoms with van der Waals surface area (Å²) in [4.78, 5) is 26.9. The first-order chi connectivity index (χ1) is 7.97. The van der Waals surface area contributed by atoms with Crippen molar-refractivity contribution in [2.24, 2.45) is 11.8 Å². The summed E-state index contributed by atoms with van der Waals surface area (Å²) in [7, 11) is 1.74. The Balaban J connectivity index is 2.75. The van der Waals surface area contributed by atoms with Crippen LogP contribution in [0.3, 0.4) is 0 Å². The van der Waals surface area contributed by atoms with Crippen molar-refractivity contribution in [3.05, 3.63) is 0 Å². The van der Waals surface area contributed by atoms with Crippen LogP contribution < -0.4 is 0 Å². The third-order valence-corrected chi connectivity index (χ3v) is 3.06. The molecule has 5 heteroatoms. The molecule has 1 rings (SSSR count). The van der Waals surface area contributed by atoms with Gasteiger partial charge in [-0.05, 0) is 12.3 Å². The smallest absolute Gasteiger partial charge is 0.241 e. The van der Waals surface area contributed by atoms with Crippen LogP contribution in [0.1, 0.15) is 20.3 Å². The lowest BCUT2D eigenvalue weighted by Crippen LogP contribution is -2.42. The van der Waals surface area contributed by atoms with Crippen LogP contribution in [0.15, 0.2) is 0 Å². The Kier molecular flexibility index (Phi) is 4.50. The summed E-state index contributed by atoms with van der Waals surface area (Å²) in [5.74, 6) is -0.947. The molecule has 0 aliphatic carbocycles. The molecule has 94 valence electrons. The van der Waals surface area contributed by atoms with Crippen LogP contribution in [-0.2, 0) is 9.59 Å². The Morgan fingerprint density at radius 3 is 2.59 bits per heavy atom. The van der Waals surface area contributed by atoms with Crippen LogP contribution in [0, 0.1) is 23.2 Å². The molecule has 0 aromatic carbocycles. The van der Waals surface area contributed by atoms with Gasteiger partial charge in [-0.15, -0.1) is 0 Å². The van der Waals surface area contributed by atoms with Gasteiger partial charge in [0.1, 0.15) is 5.92 Å². The summed E-state index contributed by atoms with van der Waals surface area (Å²) < 4.78 is 0. The number of carbonyl (C=O) groups is 2. The minimum atomic E-state index is -0.647. The number of likely N-dealkylation sites (N-methyl/N-ethyl adjacent to an activating group) is 1. The molecule has 1 fully saturated rings. The Labute approximate surface area is 102 Å². The van der Waals surface area contributed by atoms with Crippen LogP contribution in [0.2, 0.25) is 0 Å². The fourth-order valence-electron chi connectivity index (χ4n) is 1.86. The Morgan fingerprint density at radius 2 is 2.06 bits per heavy atom. The predicted molar refractivity (Wildman–Crippen MR) is 62.8 cm³/mol. The molecule has 17 heavy (non-hydrogen) atoms. The van der Waals surface area contributed by atoms with Gasteiger partial charge in [0.25, 0.3) is 0 Å². The highest BCUT2D eigenvalue weighted by molar-refractivity contribution is 5.87. The molecule has 0 radical (unpaired) electrons. The molecule has 1 heterocycles. The van der Waals surface area contributed by atoms with Gasteiger partial charge < -0.3 is 9.80 Å². The number of hydrogen-bond donors (Lipinski definition) is 0. The highest BCUT2D eigenvalue weighted by Gasteiger charge is 2.30. The van der Waals surface area contributed by atoms with Crippen LogP contribution in [0.5, 0.6) is 0 Å². The third-order valence-electron chi connectivity index (χ3n) is 3.06. The van der Waals surface area contributed by atoms with Gasteiger partial charge in [-0.25, -0.2) is 0 Å². The number of hydrogen-bond acceptors (Lipinski definition) is 3. The van der Waals surface area contributed by atoms with E-state index in [-0.39, 0.29) is 24.3 Å². The second-order valence-electron chi connectivity index (χ2n) is 4.78. The first-order valence-corrected chi connectivity index (χ1v) is 5.89. The van der Waals surface area contributed by atoms with Crippen molar-refractivity contribution in [3.8, 4) is 6.07 Å². The second kappa shape index (κ2) is 5.67. The minimum Gasteiger partial charge on any atom is -0.344 e. The largest absolute Gasteiger partial charge is 0.344 e. The zero-order chi connectivity index (χ0) is 13.0. The highest BCUT2D eigenvalue weighted by atomic mass is 16.2. The third kappa shape index (κ3) is 3.19. The molecule has 1 aliphatic rings. The van der Waals surface area contributed by atoms with E-state index in [9.17, 15) is 9.59 Å². The van der Waals surface area contributed by atoms with Crippen LogP contribution >= 0.6 is 0 Å². The zero-order valence-corrected chi connectivity index (χ0v) is 10.6. The summed E-state index contributed by atoms with van der Waals surface area (Å²) in [6.07, 6.45) is 0.768. The van der Waals surface area contributed by atoms with E-state index in [2.05, 4.69) is 0 Å². The Bertz CT molecular complexity index is 346. The minimum absolute atomic E-state index is 0.0245. The first-order valence-electron chi connectivity index (χ1n) is 5.89. The van der Waals surface area contributed by atoms with E-state index in [0.29, 0.717) is 13.1 Å². The van der Waals surface area contributed by atoms with Crippen LogP contribution in [-0.4, -0.2) is 48.3 Å². The van der Waals surface area contributed by atoms with Gasteiger partial charge in [0, 0.05) is 20.1 Å². The standard InChI is InChI=1S/C12H19N3O2/c1-9(2)10(7-13)12(17)15-6-4-5-14(3)11(16)8-15/h9-10H,4-6,8H2,1-3H3. The highest BCUT2D eigenvalue weighted by Crippen LogP contribution is 2.15. The fourth-order valence-corrected chi connectivity index (χ4v) is 1.86. The summed E-state index contributed by atoms with van der Waals surface area (Å²) in [6.45, 7) is 5.01. The lowest BCUT2D eigenvalue weighted by atomic mass is 9.96. The molecule has 1 saturated heterocycles. The summed E-state index contributed by atoms with van der Waals surface area (Å²) in [5.41, 5.74) is 0. The molecule has 0 aromatic rings. The molecule has 1 atom stereocenters. The molecular formula is C12H19N3O2. The number of amides is 2. The van der Waals surface area contributed by atoms with Crippen LogP contribution in [0.4, 0.5) is 0 Å². The maximum atomic E-state index is 12.1. The molecule has 0 aromatic heterocycles. The van der Waals surface area contributed by atoms with Gasteiger partial charge >= 0.3 is 0 Å². The molecule has 0 spiro atoms. The van der Waals surface area contributed by atoms with Crippen molar-refractivity contribution < 1.29 is 9.59 Å². The quantitative estimate of drug-likeness (QED) is 0.701. The molecule has 1 unspecified atom stereocenters. The Hall–Kier alpha value is -1.57. The van der Waals surface area contributed by atoms with Gasteiger partial charge in [-0.3, -0.25) is 9.59 Å². The average molecular weight is 237 g/mol. The maximum absolute atomic E-state index is 12.1. The van der Waals surface area contributed by atoms with Crippen molar-refractivity contribution in [2.75, 3.05) is 26.7 Å². The first kappa shape index (κ1) is 13.5. The molecule has 2 amide bonds. The van der Waals surface area contributed by atoms with Crippen molar-refractivity contribution in [3.63, 3.8) is 0 Å². The van der Waals surface area contributed by atoms with E-state index in [0.717, 1.165) is 6.42 Å². The van der Waals surface area contributed by atoms with E-state index in [1.54, 1.807) is 11.9 Å². The van der Waals surface area contributed by atoms with E-state index < -0.39 is 5.92 Å². The van der Waals surface area contributed by atoms with Crippen LogP contribution in [0.25, 0.3) is 0 Å². The summed E-state index contributed by atoms with van der Waals surface area (Å²) >= 11 is 0. The van der Waals surface area contributed by atoms with Gasteiger partial charge in [0.15, 0.2) is 0 Å². The number of nitriles is 1. The van der Waals surface area contributed by atoms with Crippen molar-refractivity contribution in [1.29, 1.82) is 5.26 Å². The Morgan fingerprint density at radius 1 is 1.41 bits per heavy atom. The lowest BCUT2D eigenvalue weighted by Gasteiger charge is -2.23. The molecular weight excluding hydrogens is 218 g/mol. The number of nitrogens with zero attached hydrogens (tertiary/aromatic N) is 3. The van der Waals surface area contributed by atoms with Gasteiger partial charge in [0.2, 0.25) is 11.8 Å². The number of rotatable bonds is 2. The molecule has 1 aliphatic heterocycles. The molecule has 0 N–H and O–H groups in total. The van der Waals surface area contributed by atoms with E-state index in [1.807, 2.05) is 19.9 Å². The van der Waals surface area contributed by atoms with E-state index in [1.165, 1.54) is 4.90 Å². The SMILES string of the molecule is CC(C)C(C#N)C(=O)N1CCCN(C)C(=O)C1. The lowest BCUT2D eigenvalue weighted by molar-refractivity contribution is -0.140. The topological polar surface area (TPSA) is 64.4 Å². The summed E-state index contributed by atoms with van der Waals surface area (Å²) in [5, 5.41) is 8.99. The van der Waals surface area contributed by atoms with Gasteiger partial charge in [-0.1, -0.05) is 13.8 Å². The summed E-state index contributed by atoms with van der Waals surface area (Å²) in [6, 6.07) is 2.03. The van der Waals surface area contributed by atoms with Crippen molar-refractivity contribution >= 4 is 11.8 Å². The van der Waals surface area contributed by atoms with Crippen molar-refractivity contribution in [1.82, 2.24) is 9.80 Å². The molecule has 0 saturated carbocycles. The monoisotopic (exact) mass is 237 g/mol. The molecule has 5 nitrogen and oxygen atoms in total. The second-order valence-corrected chi connectivity index (χ2v) is 4.78. The average Bonchev–Trinajstić information content (AvgIpc) is 2.42. The van der Waals surface area contributed by atoms with Gasteiger partial charge in [-0.2, -0.15) is 5.26 Å².